The molecule has 1 N–H and O–H groups in total. The molecule has 0 amide bonds. The maximum absolute atomic E-state index is 12.4. The number of hydrogen-bond donors (Lipinski definition) is 1. The van der Waals surface area contributed by atoms with Crippen LogP contribution in [-0.4, -0.2) is 15.9 Å². The molecule has 0 spiro atoms. The fourth-order valence-corrected chi connectivity index (χ4v) is 2.78. The predicted octanol–water partition coefficient (Wildman–Crippen LogP) is 4.44. The molecule has 6 heteroatoms. The van der Waals surface area contributed by atoms with Crippen molar-refractivity contribution in [1.82, 2.24) is 4.57 Å². The Labute approximate surface area is 155 Å². The monoisotopic (exact) mass is 401 g/mol. The highest BCUT2D eigenvalue weighted by Gasteiger charge is 2.17. The molecular weight excluding hydrogens is 382 g/mol. The van der Waals surface area contributed by atoms with Crippen molar-refractivity contribution in [2.75, 3.05) is 0 Å². The first-order chi connectivity index (χ1) is 12.0. The summed E-state index contributed by atoms with van der Waals surface area (Å²) in [6.07, 6.45) is 4.22. The van der Waals surface area contributed by atoms with Crippen molar-refractivity contribution in [3.8, 4) is 11.9 Å². The maximum atomic E-state index is 12.4. The third-order valence-corrected chi connectivity index (χ3v) is 4.53. The number of nitriles is 1. The van der Waals surface area contributed by atoms with Crippen molar-refractivity contribution in [2.24, 2.45) is 4.99 Å². The molecule has 0 aliphatic heterocycles. The third kappa shape index (κ3) is 4.37. The Balaban J connectivity index is 2.49. The van der Waals surface area contributed by atoms with E-state index in [2.05, 4.69) is 27.8 Å². The fourth-order valence-electron chi connectivity index (χ4n) is 2.52. The average Bonchev–Trinajstić information content (AvgIpc) is 2.60. The molecule has 130 valence electrons. The Bertz CT molecular complexity index is 878. The van der Waals surface area contributed by atoms with E-state index in [9.17, 15) is 15.2 Å². The number of aromatic hydroxyl groups is 1. The van der Waals surface area contributed by atoms with Gasteiger partial charge in [-0.15, -0.1) is 0 Å². The molecule has 0 aliphatic carbocycles. The molecule has 0 unspecified atom stereocenters. The van der Waals surface area contributed by atoms with Crippen LogP contribution in [0.25, 0.3) is 0 Å². The van der Waals surface area contributed by atoms with Gasteiger partial charge in [0.05, 0.1) is 11.3 Å². The molecule has 1 aromatic carbocycles. The van der Waals surface area contributed by atoms with Gasteiger partial charge < -0.3 is 5.11 Å². The molecular formula is C19H20BrN3O2. The van der Waals surface area contributed by atoms with E-state index in [1.54, 1.807) is 6.92 Å². The van der Waals surface area contributed by atoms with Gasteiger partial charge in [-0.1, -0.05) is 35.7 Å². The number of nitrogens with zero attached hydrogens (tertiary/aromatic N) is 3. The summed E-state index contributed by atoms with van der Waals surface area (Å²) in [5.74, 6) is -0.140. The Kier molecular flexibility index (Phi) is 6.54. The zero-order valence-electron chi connectivity index (χ0n) is 14.3. The SMILES string of the molecule is CCCCCn1c(O)c(C=Nc2ccc(Br)cc2)c(C)c(C#N)c1=O. The fraction of sp³-hybridized carbons (Fsp3) is 0.316. The van der Waals surface area contributed by atoms with Gasteiger partial charge in [-0.25, -0.2) is 0 Å². The van der Waals surface area contributed by atoms with E-state index in [1.165, 1.54) is 10.8 Å². The van der Waals surface area contributed by atoms with Crippen LogP contribution in [0.3, 0.4) is 0 Å². The second-order valence-electron chi connectivity index (χ2n) is 5.75. The second-order valence-corrected chi connectivity index (χ2v) is 6.66. The smallest absolute Gasteiger partial charge is 0.271 e. The lowest BCUT2D eigenvalue weighted by molar-refractivity contribution is 0.398. The van der Waals surface area contributed by atoms with Crippen LogP contribution in [0.2, 0.25) is 0 Å². The molecule has 0 saturated heterocycles. The predicted molar refractivity (Wildman–Crippen MR) is 103 cm³/mol. The molecule has 1 heterocycles. The number of aromatic nitrogens is 1. The molecule has 0 atom stereocenters. The first-order valence-electron chi connectivity index (χ1n) is 8.15. The van der Waals surface area contributed by atoms with Crippen LogP contribution in [-0.2, 0) is 6.54 Å². The molecule has 2 rings (SSSR count). The topological polar surface area (TPSA) is 78.4 Å². The zero-order chi connectivity index (χ0) is 18.4. The van der Waals surface area contributed by atoms with Crippen molar-refractivity contribution in [3.63, 3.8) is 0 Å². The van der Waals surface area contributed by atoms with E-state index in [1.807, 2.05) is 30.3 Å². The van der Waals surface area contributed by atoms with E-state index >= 15 is 0 Å². The van der Waals surface area contributed by atoms with Gasteiger partial charge in [-0.05, 0) is 43.2 Å². The Hall–Kier alpha value is -2.39. The molecule has 0 radical (unpaired) electrons. The standard InChI is InChI=1S/C19H20BrN3O2/c1-3-4-5-10-23-18(24)16(11-21)13(2)17(19(23)25)12-22-15-8-6-14(20)7-9-15/h6-9,12,25H,3-5,10H2,1-2H3. The van der Waals surface area contributed by atoms with Gasteiger partial charge in [-0.3, -0.25) is 14.4 Å². The lowest BCUT2D eigenvalue weighted by Crippen LogP contribution is -2.25. The van der Waals surface area contributed by atoms with Crippen LogP contribution >= 0.6 is 15.9 Å². The normalized spacial score (nSPS) is 11.0. The number of hydrogen-bond acceptors (Lipinski definition) is 4. The Morgan fingerprint density at radius 3 is 2.60 bits per heavy atom. The minimum absolute atomic E-state index is 0.0477. The van der Waals surface area contributed by atoms with Crippen LogP contribution in [0.15, 0.2) is 38.5 Å². The third-order valence-electron chi connectivity index (χ3n) is 4.00. The number of rotatable bonds is 6. The molecule has 0 saturated carbocycles. The van der Waals surface area contributed by atoms with Crippen LogP contribution < -0.4 is 5.56 Å². The molecule has 1 aromatic heterocycles. The largest absolute Gasteiger partial charge is 0.494 e. The van der Waals surface area contributed by atoms with Gasteiger partial charge in [0, 0.05) is 17.2 Å². The van der Waals surface area contributed by atoms with Crippen molar-refractivity contribution in [3.05, 3.63) is 55.8 Å². The number of halogens is 1. The van der Waals surface area contributed by atoms with Crippen LogP contribution in [0.5, 0.6) is 5.88 Å². The van der Waals surface area contributed by atoms with Gasteiger partial charge in [0.15, 0.2) is 0 Å². The van der Waals surface area contributed by atoms with E-state index in [0.717, 1.165) is 23.7 Å². The van der Waals surface area contributed by atoms with Gasteiger partial charge >= 0.3 is 0 Å². The summed E-state index contributed by atoms with van der Waals surface area (Å²) in [4.78, 5) is 16.8. The van der Waals surface area contributed by atoms with E-state index in [4.69, 9.17) is 0 Å². The number of benzene rings is 1. The quantitative estimate of drug-likeness (QED) is 0.573. The summed E-state index contributed by atoms with van der Waals surface area (Å²) >= 11 is 3.37. The molecule has 0 fully saturated rings. The number of aliphatic imine (C=N–C) groups is 1. The first-order valence-corrected chi connectivity index (χ1v) is 8.95. The molecule has 2 aromatic rings. The maximum Gasteiger partial charge on any atom is 0.271 e. The summed E-state index contributed by atoms with van der Waals surface area (Å²) in [7, 11) is 0. The lowest BCUT2D eigenvalue weighted by atomic mass is 10.1. The van der Waals surface area contributed by atoms with Crippen molar-refractivity contribution in [2.45, 2.75) is 39.7 Å². The summed E-state index contributed by atoms with van der Waals surface area (Å²) in [5.41, 5.74) is 1.15. The average molecular weight is 402 g/mol. The van der Waals surface area contributed by atoms with Crippen molar-refractivity contribution in [1.29, 1.82) is 5.26 Å². The zero-order valence-corrected chi connectivity index (χ0v) is 15.9. The highest BCUT2D eigenvalue weighted by Crippen LogP contribution is 2.22. The summed E-state index contributed by atoms with van der Waals surface area (Å²) in [6, 6.07) is 9.35. The molecule has 5 nitrogen and oxygen atoms in total. The number of pyridine rings is 1. The summed E-state index contributed by atoms with van der Waals surface area (Å²) < 4.78 is 2.21. The van der Waals surface area contributed by atoms with Gasteiger partial charge in [0.2, 0.25) is 5.88 Å². The first kappa shape index (κ1) is 18.9. The highest BCUT2D eigenvalue weighted by atomic mass is 79.9. The van der Waals surface area contributed by atoms with E-state index in [0.29, 0.717) is 23.4 Å². The Morgan fingerprint density at radius 2 is 2.00 bits per heavy atom. The molecule has 0 bridgehead atoms. The van der Waals surface area contributed by atoms with Crippen molar-refractivity contribution < 1.29 is 5.11 Å². The second kappa shape index (κ2) is 8.63. The number of unbranched alkanes of at least 4 members (excludes halogenated alkanes) is 2. The highest BCUT2D eigenvalue weighted by molar-refractivity contribution is 9.10. The van der Waals surface area contributed by atoms with Crippen molar-refractivity contribution >= 4 is 27.8 Å². The van der Waals surface area contributed by atoms with Gasteiger partial charge in [0.25, 0.3) is 5.56 Å². The van der Waals surface area contributed by atoms with E-state index in [-0.39, 0.29) is 11.4 Å². The van der Waals surface area contributed by atoms with Crippen LogP contribution in [0, 0.1) is 18.3 Å². The van der Waals surface area contributed by atoms with Gasteiger partial charge in [-0.2, -0.15) is 5.26 Å². The van der Waals surface area contributed by atoms with Gasteiger partial charge in [0.1, 0.15) is 11.6 Å². The Morgan fingerprint density at radius 1 is 1.32 bits per heavy atom. The van der Waals surface area contributed by atoms with Crippen LogP contribution in [0.1, 0.15) is 42.9 Å². The minimum atomic E-state index is -0.450. The molecule has 25 heavy (non-hydrogen) atoms. The summed E-state index contributed by atoms with van der Waals surface area (Å²) in [5, 5.41) is 19.9. The van der Waals surface area contributed by atoms with Crippen LogP contribution in [0.4, 0.5) is 5.69 Å². The lowest BCUT2D eigenvalue weighted by Gasteiger charge is -2.13. The van der Waals surface area contributed by atoms with E-state index < -0.39 is 5.56 Å². The summed E-state index contributed by atoms with van der Waals surface area (Å²) in [6.45, 7) is 4.10. The molecule has 0 aliphatic rings. The minimum Gasteiger partial charge on any atom is -0.494 e.